The van der Waals surface area contributed by atoms with Crippen molar-refractivity contribution in [1.29, 1.82) is 0 Å². The maximum absolute atomic E-state index is 17.7. The Bertz CT molecular complexity index is 3290. The Hall–Kier alpha value is -6.70. The molecule has 0 radical (unpaired) electrons. The van der Waals surface area contributed by atoms with Crippen molar-refractivity contribution in [3.8, 4) is 23.0 Å². The number of halogens is 1. The van der Waals surface area contributed by atoms with Gasteiger partial charge in [0.15, 0.2) is 12.6 Å². The smallest absolute Gasteiger partial charge is 0.410 e. The lowest BCUT2D eigenvalue weighted by Gasteiger charge is -2.57. The van der Waals surface area contributed by atoms with E-state index < -0.39 is 17.5 Å². The maximum Gasteiger partial charge on any atom is 0.410 e. The highest BCUT2D eigenvalue weighted by atomic mass is 19.1. The largest absolute Gasteiger partial charge is 0.468 e. The first-order valence-electron chi connectivity index (χ1n) is 29.5. The van der Waals surface area contributed by atoms with Crippen LogP contribution in [-0.2, 0) is 32.0 Å². The number of piperidine rings is 3. The van der Waals surface area contributed by atoms with Gasteiger partial charge in [0.05, 0.1) is 24.1 Å². The monoisotopic (exact) mass is 1110 g/mol. The number of hydrogen-bond acceptors (Lipinski definition) is 15. The number of aryl methyl sites for hydroxylation is 1. The number of pyridine rings is 1. The summed E-state index contributed by atoms with van der Waals surface area (Å²) in [5, 5.41) is 4.70. The number of carbonyl (C=O) groups excluding carboxylic acids is 4. The molecule has 1 spiro atoms. The van der Waals surface area contributed by atoms with E-state index in [1.165, 1.54) is 12.8 Å². The van der Waals surface area contributed by atoms with Crippen molar-refractivity contribution in [2.24, 2.45) is 10.8 Å². The SMILES string of the molecule is CCc1cccc2cc(OCOC)cc(-c3ncc4c(N5CC6CCC(C5)N6C(=O)OC(C)(C)C)nc(OCC5(CN6CCC7(CC6)CN(C6CCN(c8ccc9c(c8)CN(C8CCC(=O)NC8=O)C9=O)CC6)C7)CC5)nc4c3F)c12. The number of methoxy groups -OCH3 is 1. The standard InChI is InChI=1S/C62H75FN10O8/c1-6-38-8-7-9-39-27-45(80-37-78-5)28-47(51(38)39)53-52(63)54-48(29-64-53)55(70-31-43-10-11-44(32-70)73(43)59(77)81-60(2,3)4)67-58(66-54)79-36-62(18-19-62)33-68-24-20-61(21-25-68)34-71(35-61)41-16-22-69(23-17-41)42-12-13-46-40(26-42)30-72(57(46)76)49-14-15-50(74)65-56(49)75/h7-9,12-13,26-29,41,43-44,49H,6,10-11,14-25,30-37H2,1-5H3,(H,65,74,75). The van der Waals surface area contributed by atoms with Crippen molar-refractivity contribution in [3.05, 3.63) is 77.2 Å². The number of amides is 4. The lowest BCUT2D eigenvalue weighted by Crippen LogP contribution is -2.64. The Balaban J connectivity index is 0.668. The van der Waals surface area contributed by atoms with Crippen molar-refractivity contribution in [2.45, 2.75) is 135 Å². The van der Waals surface area contributed by atoms with Gasteiger partial charge in [-0.25, -0.2) is 9.18 Å². The molecule has 81 heavy (non-hydrogen) atoms. The van der Waals surface area contributed by atoms with E-state index in [1.807, 2.05) is 62.1 Å². The number of hydrogen-bond donors (Lipinski definition) is 1. The van der Waals surface area contributed by atoms with Crippen LogP contribution in [0.5, 0.6) is 11.8 Å². The summed E-state index contributed by atoms with van der Waals surface area (Å²) in [6, 6.07) is 15.8. The molecule has 2 aromatic heterocycles. The first-order valence-corrected chi connectivity index (χ1v) is 29.5. The maximum atomic E-state index is 17.7. The summed E-state index contributed by atoms with van der Waals surface area (Å²) in [6.07, 6.45) is 11.0. The van der Waals surface area contributed by atoms with E-state index in [2.05, 4.69) is 44.0 Å². The first-order chi connectivity index (χ1) is 39.1. The Morgan fingerprint density at radius 1 is 0.852 bits per heavy atom. The van der Waals surface area contributed by atoms with Crippen LogP contribution >= 0.6 is 0 Å². The Labute approximate surface area is 472 Å². The molecule has 13 rings (SSSR count). The summed E-state index contributed by atoms with van der Waals surface area (Å²) in [7, 11) is 1.57. The number of imide groups is 1. The molecule has 3 atom stereocenters. The first kappa shape index (κ1) is 53.6. The van der Waals surface area contributed by atoms with Gasteiger partial charge in [-0.3, -0.25) is 34.5 Å². The third-order valence-corrected chi connectivity index (χ3v) is 18.9. The molecule has 4 amide bonds. The number of rotatable bonds is 14. The minimum atomic E-state index is -0.620. The van der Waals surface area contributed by atoms with Crippen molar-refractivity contribution < 1.29 is 42.5 Å². The number of piperazine rings is 1. The third-order valence-electron chi connectivity index (χ3n) is 18.9. The second kappa shape index (κ2) is 20.9. The van der Waals surface area contributed by atoms with E-state index >= 15 is 4.39 Å². The quantitative estimate of drug-likeness (QED) is 0.0834. The normalized spacial score (nSPS) is 23.8. The predicted octanol–water partition coefficient (Wildman–Crippen LogP) is 8.10. The molecular formula is C62H75FN10O8. The molecule has 8 aliphatic rings. The molecule has 428 valence electrons. The van der Waals surface area contributed by atoms with Crippen molar-refractivity contribution in [2.75, 3.05) is 89.2 Å². The zero-order valence-corrected chi connectivity index (χ0v) is 47.4. The number of aromatic nitrogens is 3. The fourth-order valence-corrected chi connectivity index (χ4v) is 14.4. The van der Waals surface area contributed by atoms with Crippen LogP contribution in [0.25, 0.3) is 32.9 Å². The molecule has 1 aliphatic carbocycles. The van der Waals surface area contributed by atoms with Gasteiger partial charge in [-0.2, -0.15) is 9.97 Å². The highest BCUT2D eigenvalue weighted by Gasteiger charge is 2.51. The molecule has 3 unspecified atom stereocenters. The lowest BCUT2D eigenvalue weighted by atomic mass is 9.70. The van der Waals surface area contributed by atoms with Gasteiger partial charge in [0.2, 0.25) is 11.8 Å². The molecule has 7 aliphatic heterocycles. The van der Waals surface area contributed by atoms with E-state index in [0.717, 1.165) is 118 Å². The predicted molar refractivity (Wildman–Crippen MR) is 304 cm³/mol. The zero-order valence-electron chi connectivity index (χ0n) is 47.4. The molecule has 5 aromatic rings. The average Bonchev–Trinajstić information content (AvgIpc) is 4.10. The molecule has 2 bridgehead atoms. The molecule has 1 saturated carbocycles. The summed E-state index contributed by atoms with van der Waals surface area (Å²) >= 11 is 0. The summed E-state index contributed by atoms with van der Waals surface area (Å²) in [6.45, 7) is 16.9. The van der Waals surface area contributed by atoms with Crippen LogP contribution in [-0.4, -0.2) is 168 Å². The number of nitrogens with one attached hydrogen (secondary N) is 1. The highest BCUT2D eigenvalue weighted by Crippen LogP contribution is 2.50. The third kappa shape index (κ3) is 10.3. The number of likely N-dealkylation sites (tertiary alicyclic amines) is 2. The van der Waals surface area contributed by atoms with Gasteiger partial charge in [0, 0.05) is 100 Å². The molecule has 9 heterocycles. The van der Waals surface area contributed by atoms with Crippen LogP contribution in [0.4, 0.5) is 20.7 Å². The number of fused-ring (bicyclic) bond motifs is 5. The number of anilines is 2. The molecule has 1 N–H and O–H groups in total. The lowest BCUT2D eigenvalue weighted by molar-refractivity contribution is -0.136. The van der Waals surface area contributed by atoms with Crippen LogP contribution in [0, 0.1) is 16.6 Å². The van der Waals surface area contributed by atoms with Gasteiger partial charge in [-0.15, -0.1) is 0 Å². The minimum absolute atomic E-state index is 0.0393. The van der Waals surface area contributed by atoms with E-state index in [-0.39, 0.29) is 71.7 Å². The summed E-state index contributed by atoms with van der Waals surface area (Å²) in [4.78, 5) is 79.5. The number of benzene rings is 3. The molecular weight excluding hydrogens is 1030 g/mol. The Kier molecular flexibility index (Phi) is 13.9. The van der Waals surface area contributed by atoms with Crippen LogP contribution in [0.2, 0.25) is 0 Å². The minimum Gasteiger partial charge on any atom is -0.468 e. The number of carbonyl (C=O) groups is 4. The summed E-state index contributed by atoms with van der Waals surface area (Å²) < 4.78 is 41.5. The second-order valence-electron chi connectivity index (χ2n) is 25.5. The van der Waals surface area contributed by atoms with Gasteiger partial charge < -0.3 is 38.5 Å². The summed E-state index contributed by atoms with van der Waals surface area (Å²) in [5.41, 5.74) is 4.38. The fourth-order valence-electron chi connectivity index (χ4n) is 14.4. The van der Waals surface area contributed by atoms with E-state index in [4.69, 9.17) is 33.9 Å². The van der Waals surface area contributed by atoms with Gasteiger partial charge in [0.25, 0.3) is 5.91 Å². The van der Waals surface area contributed by atoms with Crippen molar-refractivity contribution in [1.82, 2.24) is 39.9 Å². The number of nitrogens with zero attached hydrogens (tertiary/aromatic N) is 9. The van der Waals surface area contributed by atoms with E-state index in [0.29, 0.717) is 72.2 Å². The van der Waals surface area contributed by atoms with Crippen molar-refractivity contribution in [3.63, 3.8) is 0 Å². The Morgan fingerprint density at radius 3 is 2.32 bits per heavy atom. The number of ether oxygens (including phenoxy) is 4. The molecule has 18 nitrogen and oxygen atoms in total. The second-order valence-corrected chi connectivity index (χ2v) is 25.5. The summed E-state index contributed by atoms with van der Waals surface area (Å²) in [5.74, 6) is -0.271. The van der Waals surface area contributed by atoms with E-state index in [9.17, 15) is 19.2 Å². The zero-order chi connectivity index (χ0) is 56.0. The average molecular weight is 1110 g/mol. The Morgan fingerprint density at radius 2 is 1.62 bits per heavy atom. The van der Waals surface area contributed by atoms with Gasteiger partial charge in [-0.05, 0) is 156 Å². The molecule has 19 heteroatoms. The van der Waals surface area contributed by atoms with Crippen LogP contribution in [0.15, 0.2) is 54.7 Å². The van der Waals surface area contributed by atoms with Crippen LogP contribution in [0.1, 0.15) is 113 Å². The molecule has 3 aromatic carbocycles. The topological polar surface area (TPSA) is 175 Å². The van der Waals surface area contributed by atoms with E-state index in [1.54, 1.807) is 18.2 Å². The van der Waals surface area contributed by atoms with Gasteiger partial charge in [-0.1, -0.05) is 25.1 Å². The van der Waals surface area contributed by atoms with Crippen LogP contribution in [0.3, 0.4) is 0 Å². The molecule has 6 saturated heterocycles. The highest BCUT2D eigenvalue weighted by molar-refractivity contribution is 6.06. The van der Waals surface area contributed by atoms with Gasteiger partial charge >= 0.3 is 12.1 Å². The fraction of sp³-hybridized carbons (Fsp3) is 0.565. The van der Waals surface area contributed by atoms with Gasteiger partial charge in [0.1, 0.15) is 34.4 Å². The van der Waals surface area contributed by atoms with Crippen molar-refractivity contribution >= 4 is 57.0 Å². The molecule has 7 fully saturated rings. The van der Waals surface area contributed by atoms with Crippen LogP contribution < -0.4 is 24.6 Å².